The van der Waals surface area contributed by atoms with Gasteiger partial charge in [-0.1, -0.05) is 18.2 Å². The van der Waals surface area contributed by atoms with Gasteiger partial charge in [-0.15, -0.1) is 11.3 Å². The van der Waals surface area contributed by atoms with E-state index in [2.05, 4.69) is 23.3 Å². The van der Waals surface area contributed by atoms with E-state index in [1.807, 2.05) is 24.4 Å². The quantitative estimate of drug-likeness (QED) is 0.870. The number of nitrogens with zero attached hydrogens (tertiary/aromatic N) is 1. The van der Waals surface area contributed by atoms with Gasteiger partial charge in [-0.05, 0) is 13.0 Å². The van der Waals surface area contributed by atoms with Crippen molar-refractivity contribution in [2.75, 3.05) is 12.8 Å². The first-order valence-electron chi connectivity index (χ1n) is 5.77. The number of benzene rings is 1. The molecule has 0 saturated carbocycles. The van der Waals surface area contributed by atoms with Crippen LogP contribution in [0, 0.1) is 0 Å². The van der Waals surface area contributed by atoms with E-state index < -0.39 is 0 Å². The zero-order valence-corrected chi connectivity index (χ0v) is 11.3. The van der Waals surface area contributed by atoms with Crippen molar-refractivity contribution in [3.8, 4) is 5.75 Å². The van der Waals surface area contributed by atoms with E-state index in [0.717, 1.165) is 22.7 Å². The van der Waals surface area contributed by atoms with Gasteiger partial charge in [0.25, 0.3) is 0 Å². The summed E-state index contributed by atoms with van der Waals surface area (Å²) in [6.45, 7) is 2.87. The van der Waals surface area contributed by atoms with E-state index in [1.165, 1.54) is 11.3 Å². The van der Waals surface area contributed by atoms with Crippen LogP contribution in [-0.2, 0) is 6.54 Å². The highest BCUT2D eigenvalue weighted by atomic mass is 32.1. The summed E-state index contributed by atoms with van der Waals surface area (Å²) < 4.78 is 5.35. The van der Waals surface area contributed by atoms with Crippen molar-refractivity contribution in [3.05, 3.63) is 40.9 Å². The highest BCUT2D eigenvalue weighted by Gasteiger charge is 2.10. The lowest BCUT2D eigenvalue weighted by molar-refractivity contribution is 0.401. The Bertz CT molecular complexity index is 512. The van der Waals surface area contributed by atoms with Crippen molar-refractivity contribution in [2.24, 2.45) is 0 Å². The fraction of sp³-hybridized carbons (Fsp3) is 0.308. The molecule has 3 N–H and O–H groups in total. The normalized spacial score (nSPS) is 12.3. The Labute approximate surface area is 111 Å². The number of nitrogens with one attached hydrogen (secondary N) is 1. The van der Waals surface area contributed by atoms with Crippen molar-refractivity contribution in [1.29, 1.82) is 0 Å². The second kappa shape index (κ2) is 5.84. The van der Waals surface area contributed by atoms with Crippen molar-refractivity contribution < 1.29 is 4.74 Å². The summed E-state index contributed by atoms with van der Waals surface area (Å²) in [4.78, 5) is 5.17. The molecule has 0 spiro atoms. The molecule has 1 heterocycles. The third-order valence-corrected chi connectivity index (χ3v) is 3.59. The van der Waals surface area contributed by atoms with Crippen LogP contribution in [0.2, 0.25) is 0 Å². The number of aromatic nitrogens is 1. The molecule has 0 aliphatic rings. The molecule has 1 aromatic heterocycles. The number of para-hydroxylation sites is 1. The van der Waals surface area contributed by atoms with E-state index >= 15 is 0 Å². The van der Waals surface area contributed by atoms with Crippen LogP contribution in [0.25, 0.3) is 0 Å². The lowest BCUT2D eigenvalue weighted by atomic mass is 10.1. The van der Waals surface area contributed by atoms with Crippen LogP contribution < -0.4 is 15.8 Å². The Morgan fingerprint density at radius 3 is 2.89 bits per heavy atom. The molecule has 0 aliphatic heterocycles. The van der Waals surface area contributed by atoms with E-state index in [0.29, 0.717) is 5.13 Å². The molecule has 2 aromatic rings. The second-order valence-corrected chi connectivity index (χ2v) is 5.16. The Hall–Kier alpha value is -1.59. The van der Waals surface area contributed by atoms with Gasteiger partial charge in [0, 0.05) is 29.2 Å². The summed E-state index contributed by atoms with van der Waals surface area (Å²) in [5.74, 6) is 0.904. The summed E-state index contributed by atoms with van der Waals surface area (Å²) in [7, 11) is 1.69. The standard InChI is InChI=1S/C13H17N3OS/c1-9(11-5-3-4-6-12(11)17-2)15-7-10-8-16-13(14)18-10/h3-6,8-9,15H,7H2,1-2H3,(H2,14,16). The van der Waals surface area contributed by atoms with E-state index in [1.54, 1.807) is 7.11 Å². The van der Waals surface area contributed by atoms with Gasteiger partial charge in [-0.3, -0.25) is 0 Å². The first kappa shape index (κ1) is 12.9. The zero-order valence-electron chi connectivity index (χ0n) is 10.5. The number of anilines is 1. The number of thiazole rings is 1. The minimum absolute atomic E-state index is 0.212. The number of nitrogen functional groups attached to an aromatic ring is 1. The summed E-state index contributed by atoms with van der Waals surface area (Å²) in [5, 5.41) is 4.05. The van der Waals surface area contributed by atoms with E-state index in [9.17, 15) is 0 Å². The minimum atomic E-state index is 0.212. The van der Waals surface area contributed by atoms with Crippen LogP contribution in [0.1, 0.15) is 23.4 Å². The van der Waals surface area contributed by atoms with Crippen molar-refractivity contribution in [2.45, 2.75) is 19.5 Å². The van der Waals surface area contributed by atoms with Gasteiger partial charge in [0.15, 0.2) is 5.13 Å². The number of nitrogens with two attached hydrogens (primary N) is 1. The summed E-state index contributed by atoms with van der Waals surface area (Å²) in [6.07, 6.45) is 1.81. The molecular formula is C13H17N3OS. The lowest BCUT2D eigenvalue weighted by Crippen LogP contribution is -2.18. The van der Waals surface area contributed by atoms with Gasteiger partial charge in [0.2, 0.25) is 0 Å². The monoisotopic (exact) mass is 263 g/mol. The maximum Gasteiger partial charge on any atom is 0.180 e. The van der Waals surface area contributed by atoms with Crippen LogP contribution in [-0.4, -0.2) is 12.1 Å². The van der Waals surface area contributed by atoms with Gasteiger partial charge < -0.3 is 15.8 Å². The van der Waals surface area contributed by atoms with Crippen LogP contribution in [0.15, 0.2) is 30.5 Å². The molecule has 0 radical (unpaired) electrons. The molecule has 96 valence electrons. The largest absolute Gasteiger partial charge is 0.496 e. The number of methoxy groups -OCH3 is 1. The topological polar surface area (TPSA) is 60.2 Å². The SMILES string of the molecule is COc1ccccc1C(C)NCc1cnc(N)s1. The molecule has 1 aromatic carbocycles. The van der Waals surface area contributed by atoms with Gasteiger partial charge >= 0.3 is 0 Å². The molecule has 0 saturated heterocycles. The number of ether oxygens (including phenoxy) is 1. The van der Waals surface area contributed by atoms with Crippen LogP contribution >= 0.6 is 11.3 Å². The van der Waals surface area contributed by atoms with Crippen LogP contribution in [0.5, 0.6) is 5.75 Å². The molecular weight excluding hydrogens is 246 g/mol. The van der Waals surface area contributed by atoms with E-state index in [4.69, 9.17) is 10.5 Å². The average molecular weight is 263 g/mol. The second-order valence-electron chi connectivity index (χ2n) is 4.01. The predicted molar refractivity (Wildman–Crippen MR) is 74.8 cm³/mol. The average Bonchev–Trinajstić information content (AvgIpc) is 2.81. The summed E-state index contributed by atoms with van der Waals surface area (Å²) in [6, 6.07) is 8.24. The Morgan fingerprint density at radius 2 is 2.22 bits per heavy atom. The number of hydrogen-bond acceptors (Lipinski definition) is 5. The highest BCUT2D eigenvalue weighted by Crippen LogP contribution is 2.25. The molecule has 1 atom stereocenters. The minimum Gasteiger partial charge on any atom is -0.496 e. The van der Waals surface area contributed by atoms with Crippen LogP contribution in [0.4, 0.5) is 5.13 Å². The van der Waals surface area contributed by atoms with Gasteiger partial charge in [0.1, 0.15) is 5.75 Å². The third-order valence-electron chi connectivity index (χ3n) is 2.76. The molecule has 18 heavy (non-hydrogen) atoms. The lowest BCUT2D eigenvalue weighted by Gasteiger charge is -2.16. The molecule has 1 unspecified atom stereocenters. The molecule has 5 heteroatoms. The first-order chi connectivity index (χ1) is 8.70. The van der Waals surface area contributed by atoms with Gasteiger partial charge in [-0.25, -0.2) is 4.98 Å². The maximum atomic E-state index is 5.60. The van der Waals surface area contributed by atoms with Gasteiger partial charge in [-0.2, -0.15) is 0 Å². The highest BCUT2D eigenvalue weighted by molar-refractivity contribution is 7.15. The fourth-order valence-electron chi connectivity index (χ4n) is 1.79. The van der Waals surface area contributed by atoms with E-state index in [-0.39, 0.29) is 6.04 Å². The smallest absolute Gasteiger partial charge is 0.180 e. The molecule has 0 aliphatic carbocycles. The van der Waals surface area contributed by atoms with Gasteiger partial charge in [0.05, 0.1) is 7.11 Å². The van der Waals surface area contributed by atoms with Crippen molar-refractivity contribution >= 4 is 16.5 Å². The Kier molecular flexibility index (Phi) is 4.17. The van der Waals surface area contributed by atoms with Crippen molar-refractivity contribution in [1.82, 2.24) is 10.3 Å². The Balaban J connectivity index is 2.01. The summed E-state index contributed by atoms with van der Waals surface area (Å²) in [5.41, 5.74) is 6.75. The van der Waals surface area contributed by atoms with Crippen LogP contribution in [0.3, 0.4) is 0 Å². The number of rotatable bonds is 5. The molecule has 0 fully saturated rings. The maximum absolute atomic E-state index is 5.60. The fourth-order valence-corrected chi connectivity index (χ4v) is 2.43. The Morgan fingerprint density at radius 1 is 1.44 bits per heavy atom. The molecule has 0 bridgehead atoms. The zero-order chi connectivity index (χ0) is 13.0. The molecule has 0 amide bonds. The number of hydrogen-bond donors (Lipinski definition) is 2. The molecule has 2 rings (SSSR count). The van der Waals surface area contributed by atoms with Crippen molar-refractivity contribution in [3.63, 3.8) is 0 Å². The predicted octanol–water partition coefficient (Wildman–Crippen LogP) is 2.58. The summed E-state index contributed by atoms with van der Waals surface area (Å²) >= 11 is 1.51. The third kappa shape index (κ3) is 3.00. The first-order valence-corrected chi connectivity index (χ1v) is 6.59. The molecule has 4 nitrogen and oxygen atoms in total.